The summed E-state index contributed by atoms with van der Waals surface area (Å²) in [6.45, 7) is 2.25. The Morgan fingerprint density at radius 2 is 1.95 bits per heavy atom. The molecule has 2 rings (SSSR count). The average molecular weight is 274 g/mol. The molecule has 1 aromatic rings. The summed E-state index contributed by atoms with van der Waals surface area (Å²) in [5.41, 5.74) is 1.26. The van der Waals surface area contributed by atoms with E-state index < -0.39 is 0 Å². The second-order valence-corrected chi connectivity index (χ2v) is 5.48. The Hall–Kier alpha value is -1.84. The van der Waals surface area contributed by atoms with Gasteiger partial charge in [0.25, 0.3) is 0 Å². The molecule has 1 aliphatic carbocycles. The van der Waals surface area contributed by atoms with Crippen molar-refractivity contribution in [3.8, 4) is 0 Å². The zero-order chi connectivity index (χ0) is 14.4. The van der Waals surface area contributed by atoms with Gasteiger partial charge in [-0.05, 0) is 37.8 Å². The number of urea groups is 1. The minimum atomic E-state index is -0.198. The molecule has 1 aromatic carbocycles. The van der Waals surface area contributed by atoms with E-state index in [1.807, 2.05) is 0 Å². The van der Waals surface area contributed by atoms with Crippen LogP contribution in [0.2, 0.25) is 0 Å². The first-order valence-electron chi connectivity index (χ1n) is 7.31. The van der Waals surface area contributed by atoms with Crippen LogP contribution in [0, 0.1) is 5.92 Å². The summed E-state index contributed by atoms with van der Waals surface area (Å²) in [4.78, 5) is 23.1. The molecule has 0 bridgehead atoms. The third-order valence-corrected chi connectivity index (χ3v) is 3.80. The summed E-state index contributed by atoms with van der Waals surface area (Å²) in [6, 6.07) is 6.80. The predicted molar refractivity (Wildman–Crippen MR) is 80.0 cm³/mol. The molecular weight excluding hydrogens is 252 g/mol. The Morgan fingerprint density at radius 3 is 2.65 bits per heavy atom. The topological polar surface area (TPSA) is 58.2 Å². The van der Waals surface area contributed by atoms with Gasteiger partial charge in [0.15, 0.2) is 5.78 Å². The molecule has 2 N–H and O–H groups in total. The van der Waals surface area contributed by atoms with Crippen LogP contribution in [-0.4, -0.2) is 18.4 Å². The molecule has 0 atom stereocenters. The maximum atomic E-state index is 11.8. The fraction of sp³-hybridized carbons (Fsp3) is 0.500. The van der Waals surface area contributed by atoms with Gasteiger partial charge in [0, 0.05) is 17.8 Å². The van der Waals surface area contributed by atoms with Crippen LogP contribution in [0.15, 0.2) is 24.3 Å². The van der Waals surface area contributed by atoms with Crippen LogP contribution in [0.1, 0.15) is 49.4 Å². The SMILES string of the molecule is CC(=O)c1cccc(NC(=O)NCC2CCCCC2)c1. The molecule has 0 radical (unpaired) electrons. The first-order chi connectivity index (χ1) is 9.65. The molecule has 0 unspecified atom stereocenters. The van der Waals surface area contributed by atoms with Crippen LogP contribution in [0.3, 0.4) is 0 Å². The molecule has 1 aliphatic rings. The van der Waals surface area contributed by atoms with Gasteiger partial charge in [0.2, 0.25) is 0 Å². The molecule has 20 heavy (non-hydrogen) atoms. The monoisotopic (exact) mass is 274 g/mol. The highest BCUT2D eigenvalue weighted by Gasteiger charge is 2.14. The Morgan fingerprint density at radius 1 is 1.20 bits per heavy atom. The lowest BCUT2D eigenvalue weighted by Crippen LogP contribution is -2.33. The molecule has 4 heteroatoms. The first-order valence-corrected chi connectivity index (χ1v) is 7.31. The molecule has 0 heterocycles. The summed E-state index contributed by atoms with van der Waals surface area (Å²) in [5.74, 6) is 0.606. The van der Waals surface area contributed by atoms with Crippen LogP contribution < -0.4 is 10.6 Å². The number of anilines is 1. The van der Waals surface area contributed by atoms with Gasteiger partial charge >= 0.3 is 6.03 Å². The lowest BCUT2D eigenvalue weighted by molar-refractivity contribution is 0.101. The number of amides is 2. The Kier molecular flexibility index (Phi) is 5.16. The minimum Gasteiger partial charge on any atom is -0.338 e. The Bertz CT molecular complexity index is 479. The summed E-state index contributed by atoms with van der Waals surface area (Å²) in [7, 11) is 0. The number of benzene rings is 1. The molecule has 108 valence electrons. The van der Waals surface area contributed by atoms with E-state index in [0.717, 1.165) is 6.54 Å². The Balaban J connectivity index is 1.81. The van der Waals surface area contributed by atoms with E-state index in [9.17, 15) is 9.59 Å². The van der Waals surface area contributed by atoms with Gasteiger partial charge in [-0.15, -0.1) is 0 Å². The van der Waals surface area contributed by atoms with Gasteiger partial charge in [0.05, 0.1) is 0 Å². The van der Waals surface area contributed by atoms with Crippen LogP contribution in [-0.2, 0) is 0 Å². The van der Waals surface area contributed by atoms with E-state index in [1.54, 1.807) is 24.3 Å². The van der Waals surface area contributed by atoms with Crippen molar-refractivity contribution in [2.75, 3.05) is 11.9 Å². The van der Waals surface area contributed by atoms with Crippen LogP contribution in [0.25, 0.3) is 0 Å². The van der Waals surface area contributed by atoms with Gasteiger partial charge in [-0.25, -0.2) is 4.79 Å². The third kappa shape index (κ3) is 4.37. The molecule has 0 saturated heterocycles. The van der Waals surface area contributed by atoms with Crippen molar-refractivity contribution in [3.63, 3.8) is 0 Å². The number of carbonyl (C=O) groups is 2. The lowest BCUT2D eigenvalue weighted by Gasteiger charge is -2.21. The van der Waals surface area contributed by atoms with Crippen molar-refractivity contribution >= 4 is 17.5 Å². The van der Waals surface area contributed by atoms with Gasteiger partial charge in [-0.2, -0.15) is 0 Å². The highest BCUT2D eigenvalue weighted by molar-refractivity contribution is 5.96. The van der Waals surface area contributed by atoms with E-state index in [4.69, 9.17) is 0 Å². The van der Waals surface area contributed by atoms with Gasteiger partial charge < -0.3 is 10.6 Å². The molecule has 0 spiro atoms. The predicted octanol–water partition coefficient (Wildman–Crippen LogP) is 3.59. The number of rotatable bonds is 4. The fourth-order valence-corrected chi connectivity index (χ4v) is 2.62. The van der Waals surface area contributed by atoms with E-state index in [1.165, 1.54) is 39.0 Å². The summed E-state index contributed by atoms with van der Waals surface area (Å²) >= 11 is 0. The maximum Gasteiger partial charge on any atom is 0.319 e. The highest BCUT2D eigenvalue weighted by atomic mass is 16.2. The van der Waals surface area contributed by atoms with E-state index >= 15 is 0 Å². The Labute approximate surface area is 119 Å². The van der Waals surface area contributed by atoms with Crippen molar-refractivity contribution in [1.29, 1.82) is 0 Å². The molecule has 1 saturated carbocycles. The number of ketones is 1. The zero-order valence-electron chi connectivity index (χ0n) is 11.9. The molecule has 1 fully saturated rings. The summed E-state index contributed by atoms with van der Waals surface area (Å²) in [6.07, 6.45) is 6.28. The standard InChI is InChI=1S/C16H22N2O2/c1-12(19)14-8-5-9-15(10-14)18-16(20)17-11-13-6-3-2-4-7-13/h5,8-10,13H,2-4,6-7,11H2,1H3,(H2,17,18,20). The number of nitrogens with one attached hydrogen (secondary N) is 2. The van der Waals surface area contributed by atoms with Crippen molar-refractivity contribution in [3.05, 3.63) is 29.8 Å². The number of carbonyl (C=O) groups excluding carboxylic acids is 2. The summed E-state index contributed by atoms with van der Waals surface area (Å²) in [5, 5.41) is 5.69. The van der Waals surface area contributed by atoms with E-state index in [2.05, 4.69) is 10.6 Å². The quantitative estimate of drug-likeness (QED) is 0.824. The van der Waals surface area contributed by atoms with Crippen LogP contribution >= 0.6 is 0 Å². The van der Waals surface area contributed by atoms with Crippen LogP contribution in [0.4, 0.5) is 10.5 Å². The number of hydrogen-bond acceptors (Lipinski definition) is 2. The van der Waals surface area contributed by atoms with Crippen molar-refractivity contribution in [1.82, 2.24) is 5.32 Å². The molecule has 2 amide bonds. The maximum absolute atomic E-state index is 11.8. The minimum absolute atomic E-state index is 0.00346. The van der Waals surface area contributed by atoms with Crippen molar-refractivity contribution in [2.24, 2.45) is 5.92 Å². The molecule has 0 aliphatic heterocycles. The highest BCUT2D eigenvalue weighted by Crippen LogP contribution is 2.22. The smallest absolute Gasteiger partial charge is 0.319 e. The lowest BCUT2D eigenvalue weighted by atomic mass is 9.89. The zero-order valence-corrected chi connectivity index (χ0v) is 11.9. The fourth-order valence-electron chi connectivity index (χ4n) is 2.62. The number of hydrogen-bond donors (Lipinski definition) is 2. The average Bonchev–Trinajstić information content (AvgIpc) is 2.46. The van der Waals surface area contributed by atoms with Crippen molar-refractivity contribution < 1.29 is 9.59 Å². The van der Waals surface area contributed by atoms with Crippen molar-refractivity contribution in [2.45, 2.75) is 39.0 Å². The summed E-state index contributed by atoms with van der Waals surface area (Å²) < 4.78 is 0. The molecule has 4 nitrogen and oxygen atoms in total. The van der Waals surface area contributed by atoms with Crippen LogP contribution in [0.5, 0.6) is 0 Å². The van der Waals surface area contributed by atoms with Gasteiger partial charge in [0.1, 0.15) is 0 Å². The molecule has 0 aromatic heterocycles. The van der Waals surface area contributed by atoms with E-state index in [-0.39, 0.29) is 11.8 Å². The second kappa shape index (κ2) is 7.08. The van der Waals surface area contributed by atoms with Gasteiger partial charge in [-0.3, -0.25) is 4.79 Å². The number of Topliss-reactive ketones (excluding diaryl/α,β-unsaturated/α-hetero) is 1. The molecular formula is C16H22N2O2. The first kappa shape index (κ1) is 14.6. The largest absolute Gasteiger partial charge is 0.338 e. The second-order valence-electron chi connectivity index (χ2n) is 5.48. The van der Waals surface area contributed by atoms with E-state index in [0.29, 0.717) is 17.2 Å². The third-order valence-electron chi connectivity index (χ3n) is 3.80. The van der Waals surface area contributed by atoms with Gasteiger partial charge in [-0.1, -0.05) is 31.4 Å². The normalized spacial score (nSPS) is 15.7.